The van der Waals surface area contributed by atoms with E-state index in [4.69, 9.17) is 9.47 Å². The van der Waals surface area contributed by atoms with Crippen LogP contribution in [-0.2, 0) is 19.1 Å². The van der Waals surface area contributed by atoms with E-state index in [0.29, 0.717) is 11.3 Å². The van der Waals surface area contributed by atoms with Gasteiger partial charge in [0, 0.05) is 11.3 Å². The van der Waals surface area contributed by atoms with Crippen molar-refractivity contribution < 1.29 is 23.5 Å². The van der Waals surface area contributed by atoms with Crippen molar-refractivity contribution in [1.82, 2.24) is 0 Å². The van der Waals surface area contributed by atoms with Crippen LogP contribution < -0.4 is 4.90 Å². The number of ether oxygens (including phenoxy) is 2. The summed E-state index contributed by atoms with van der Waals surface area (Å²) in [5.41, 5.74) is 1.25. The zero-order chi connectivity index (χ0) is 17.8. The van der Waals surface area contributed by atoms with E-state index in [1.54, 1.807) is 36.1 Å². The van der Waals surface area contributed by atoms with Crippen LogP contribution in [0, 0.1) is 5.82 Å². The van der Waals surface area contributed by atoms with Crippen LogP contribution in [-0.4, -0.2) is 18.5 Å². The molecule has 128 valence electrons. The molecule has 2 aromatic carbocycles. The number of esters is 2. The van der Waals surface area contributed by atoms with Crippen molar-refractivity contribution in [3.63, 3.8) is 0 Å². The summed E-state index contributed by atoms with van der Waals surface area (Å²) in [7, 11) is 0. The average molecular weight is 341 g/mol. The normalized spacial score (nSPS) is 16.9. The molecule has 0 aromatic heterocycles. The van der Waals surface area contributed by atoms with E-state index in [1.165, 1.54) is 24.3 Å². The van der Waals surface area contributed by atoms with Crippen LogP contribution in [0.4, 0.5) is 10.1 Å². The Balaban J connectivity index is 2.09. The summed E-state index contributed by atoms with van der Waals surface area (Å²) in [5.74, 6) is -1.70. The van der Waals surface area contributed by atoms with Gasteiger partial charge in [-0.15, -0.1) is 0 Å². The largest absolute Gasteiger partial charge is 0.461 e. The molecule has 0 amide bonds. The van der Waals surface area contributed by atoms with Gasteiger partial charge in [0.05, 0.1) is 12.7 Å². The third-order valence-corrected chi connectivity index (χ3v) is 3.65. The molecule has 6 heteroatoms. The Morgan fingerprint density at radius 3 is 2.48 bits per heavy atom. The van der Waals surface area contributed by atoms with Crippen molar-refractivity contribution in [2.75, 3.05) is 11.5 Å². The van der Waals surface area contributed by atoms with Gasteiger partial charge in [-0.05, 0) is 31.2 Å². The Hall–Kier alpha value is -3.15. The number of hydrogen-bond acceptors (Lipinski definition) is 5. The van der Waals surface area contributed by atoms with E-state index < -0.39 is 24.0 Å². The Morgan fingerprint density at radius 1 is 1.16 bits per heavy atom. The molecular formula is C19H16FNO4. The van der Waals surface area contributed by atoms with E-state index in [2.05, 4.69) is 0 Å². The highest BCUT2D eigenvalue weighted by Gasteiger charge is 2.35. The van der Waals surface area contributed by atoms with Crippen molar-refractivity contribution in [2.24, 2.45) is 0 Å². The maximum Gasteiger partial charge on any atom is 0.355 e. The molecule has 1 atom stereocenters. The summed E-state index contributed by atoms with van der Waals surface area (Å²) >= 11 is 0. The molecule has 1 aliphatic heterocycles. The molecule has 1 unspecified atom stereocenters. The van der Waals surface area contributed by atoms with Gasteiger partial charge in [0.25, 0.3) is 0 Å². The van der Waals surface area contributed by atoms with Gasteiger partial charge in [-0.3, -0.25) is 4.90 Å². The average Bonchev–Trinajstić information content (AvgIpc) is 2.62. The van der Waals surface area contributed by atoms with Gasteiger partial charge in [0.15, 0.2) is 0 Å². The molecule has 0 spiro atoms. The number of carbonyl (C=O) groups excluding carboxylic acids is 2. The second kappa shape index (κ2) is 7.17. The minimum Gasteiger partial charge on any atom is -0.461 e. The predicted octanol–water partition coefficient (Wildman–Crippen LogP) is 3.33. The van der Waals surface area contributed by atoms with E-state index in [0.717, 1.165) is 6.08 Å². The van der Waals surface area contributed by atoms with E-state index in [9.17, 15) is 14.0 Å². The molecule has 1 heterocycles. The molecule has 0 saturated heterocycles. The SMILES string of the molecule is CCOC(=O)C1=CC(=O)OC(c2ccc(F)cc2)N1c1ccccc1. The lowest BCUT2D eigenvalue weighted by Crippen LogP contribution is -2.39. The first-order chi connectivity index (χ1) is 12.1. The molecule has 0 radical (unpaired) electrons. The number of hydrogen-bond donors (Lipinski definition) is 0. The van der Waals surface area contributed by atoms with E-state index in [1.807, 2.05) is 6.07 Å². The van der Waals surface area contributed by atoms with Crippen molar-refractivity contribution in [1.29, 1.82) is 0 Å². The lowest BCUT2D eigenvalue weighted by Gasteiger charge is -2.36. The molecule has 3 rings (SSSR count). The highest BCUT2D eigenvalue weighted by molar-refractivity contribution is 6.01. The molecule has 0 saturated carbocycles. The number of rotatable bonds is 4. The maximum absolute atomic E-state index is 13.2. The third-order valence-electron chi connectivity index (χ3n) is 3.65. The Morgan fingerprint density at radius 2 is 1.84 bits per heavy atom. The summed E-state index contributed by atoms with van der Waals surface area (Å²) in [6, 6.07) is 14.6. The number of para-hydroxylation sites is 1. The summed E-state index contributed by atoms with van der Waals surface area (Å²) < 4.78 is 23.7. The van der Waals surface area contributed by atoms with Crippen molar-refractivity contribution in [3.05, 3.63) is 77.8 Å². The van der Waals surface area contributed by atoms with Gasteiger partial charge in [-0.25, -0.2) is 14.0 Å². The number of halogens is 1. The molecule has 1 aliphatic rings. The van der Waals surface area contributed by atoms with Crippen LogP contribution in [0.25, 0.3) is 0 Å². The lowest BCUT2D eigenvalue weighted by atomic mass is 10.1. The number of benzene rings is 2. The second-order valence-electron chi connectivity index (χ2n) is 5.30. The minimum absolute atomic E-state index is 0.0682. The Kier molecular flexibility index (Phi) is 4.79. The van der Waals surface area contributed by atoms with Crippen molar-refractivity contribution in [3.8, 4) is 0 Å². The van der Waals surface area contributed by atoms with Crippen LogP contribution in [0.1, 0.15) is 18.7 Å². The molecule has 0 fully saturated rings. The summed E-state index contributed by atoms with van der Waals surface area (Å²) in [4.78, 5) is 25.9. The van der Waals surface area contributed by atoms with Gasteiger partial charge < -0.3 is 9.47 Å². The molecule has 2 aromatic rings. The Bertz CT molecular complexity index is 802. The molecule has 0 N–H and O–H groups in total. The standard InChI is InChI=1S/C19H16FNO4/c1-2-24-19(23)16-12-17(22)25-18(13-8-10-14(20)11-9-13)21(16)15-6-4-3-5-7-15/h3-12,18H,2H2,1H3. The first kappa shape index (κ1) is 16.7. The smallest absolute Gasteiger partial charge is 0.355 e. The van der Waals surface area contributed by atoms with E-state index >= 15 is 0 Å². The fourth-order valence-electron chi connectivity index (χ4n) is 2.57. The van der Waals surface area contributed by atoms with Gasteiger partial charge in [-0.1, -0.05) is 30.3 Å². The van der Waals surface area contributed by atoms with Crippen LogP contribution in [0.15, 0.2) is 66.4 Å². The molecular weight excluding hydrogens is 325 g/mol. The molecule has 5 nitrogen and oxygen atoms in total. The van der Waals surface area contributed by atoms with Crippen molar-refractivity contribution >= 4 is 17.6 Å². The fraction of sp³-hybridized carbons (Fsp3) is 0.158. The number of nitrogens with zero attached hydrogens (tertiary/aromatic N) is 1. The number of carbonyl (C=O) groups is 2. The van der Waals surface area contributed by atoms with Crippen LogP contribution >= 0.6 is 0 Å². The monoisotopic (exact) mass is 341 g/mol. The number of cyclic esters (lactones) is 1. The summed E-state index contributed by atoms with van der Waals surface area (Å²) in [6.07, 6.45) is 0.199. The Labute approximate surface area is 144 Å². The summed E-state index contributed by atoms with van der Waals surface area (Å²) in [6.45, 7) is 1.86. The van der Waals surface area contributed by atoms with Gasteiger partial charge in [0.2, 0.25) is 6.23 Å². The van der Waals surface area contributed by atoms with Crippen LogP contribution in [0.2, 0.25) is 0 Å². The molecule has 25 heavy (non-hydrogen) atoms. The van der Waals surface area contributed by atoms with Gasteiger partial charge in [0.1, 0.15) is 11.5 Å². The van der Waals surface area contributed by atoms with Crippen molar-refractivity contribution in [2.45, 2.75) is 13.2 Å². The zero-order valence-corrected chi connectivity index (χ0v) is 13.5. The molecule has 0 bridgehead atoms. The van der Waals surface area contributed by atoms with Crippen LogP contribution in [0.5, 0.6) is 0 Å². The van der Waals surface area contributed by atoms with Gasteiger partial charge in [-0.2, -0.15) is 0 Å². The minimum atomic E-state index is -0.903. The highest BCUT2D eigenvalue weighted by Crippen LogP contribution is 2.35. The third kappa shape index (κ3) is 3.52. The predicted molar refractivity (Wildman–Crippen MR) is 88.9 cm³/mol. The first-order valence-corrected chi connectivity index (χ1v) is 7.79. The second-order valence-corrected chi connectivity index (χ2v) is 5.30. The first-order valence-electron chi connectivity index (χ1n) is 7.79. The van der Waals surface area contributed by atoms with E-state index in [-0.39, 0.29) is 12.3 Å². The number of anilines is 1. The fourth-order valence-corrected chi connectivity index (χ4v) is 2.57. The van der Waals surface area contributed by atoms with Gasteiger partial charge >= 0.3 is 11.9 Å². The topological polar surface area (TPSA) is 55.8 Å². The lowest BCUT2D eigenvalue weighted by molar-refractivity contribution is -0.148. The zero-order valence-electron chi connectivity index (χ0n) is 13.5. The quantitative estimate of drug-likeness (QED) is 0.799. The molecule has 0 aliphatic carbocycles. The maximum atomic E-state index is 13.2. The summed E-state index contributed by atoms with van der Waals surface area (Å²) in [5, 5.41) is 0. The van der Waals surface area contributed by atoms with Crippen LogP contribution in [0.3, 0.4) is 0 Å². The highest BCUT2D eigenvalue weighted by atomic mass is 19.1.